The van der Waals surface area contributed by atoms with Gasteiger partial charge in [0.2, 0.25) is 11.8 Å². The minimum absolute atomic E-state index is 0.215. The number of hydrogen-bond donors (Lipinski definition) is 1. The Balaban J connectivity index is 1.63. The molecule has 31 heavy (non-hydrogen) atoms. The van der Waals surface area contributed by atoms with E-state index in [4.69, 9.17) is 7.85 Å². The van der Waals surface area contributed by atoms with Crippen LogP contribution in [0.3, 0.4) is 0 Å². The molecule has 1 aromatic rings. The summed E-state index contributed by atoms with van der Waals surface area (Å²) in [7, 11) is 6.19. The van der Waals surface area contributed by atoms with Crippen molar-refractivity contribution in [3.05, 3.63) is 72.1 Å². The first-order chi connectivity index (χ1) is 14.7. The maximum Gasteiger partial charge on any atom is 0.259 e. The monoisotopic (exact) mass is 411 g/mol. The number of nitrogens with zero attached hydrogens (tertiary/aromatic N) is 2. The maximum atomic E-state index is 13.4. The van der Waals surface area contributed by atoms with Gasteiger partial charge in [-0.3, -0.25) is 24.6 Å². The van der Waals surface area contributed by atoms with Crippen LogP contribution in [0.2, 0.25) is 5.31 Å². The van der Waals surface area contributed by atoms with E-state index in [0.717, 1.165) is 11.1 Å². The Labute approximate surface area is 182 Å². The number of hydrogen-bond acceptors (Lipinski definition) is 4. The van der Waals surface area contributed by atoms with Crippen molar-refractivity contribution < 1.29 is 14.4 Å². The predicted molar refractivity (Wildman–Crippen MR) is 119 cm³/mol. The summed E-state index contributed by atoms with van der Waals surface area (Å²) in [6.45, 7) is 4.02. The van der Waals surface area contributed by atoms with Crippen LogP contribution in [0, 0.1) is 0 Å². The normalized spacial score (nSPS) is 28.4. The molecule has 7 heteroatoms. The SMILES string of the molecule is [B]C1(C)C=CN(C2(C)C=CC=C3C(=O)N(C4CCC(=O)NC4=O)c4cccc2c43)C=C1. The molecule has 3 aliphatic heterocycles. The number of allylic oxidation sites excluding steroid dienone is 4. The molecule has 1 saturated heterocycles. The molecule has 2 unspecified atom stereocenters. The fraction of sp³-hybridized carbons (Fsp3) is 0.292. The second kappa shape index (κ2) is 6.58. The van der Waals surface area contributed by atoms with Crippen molar-refractivity contribution in [3.8, 4) is 0 Å². The molecule has 3 heterocycles. The molecule has 1 aliphatic carbocycles. The molecule has 1 N–H and O–H groups in total. The molecule has 2 atom stereocenters. The number of carbonyl (C=O) groups excluding carboxylic acids is 3. The van der Waals surface area contributed by atoms with E-state index in [1.165, 1.54) is 0 Å². The molecular weight excluding hydrogens is 389 g/mol. The summed E-state index contributed by atoms with van der Waals surface area (Å²) in [4.78, 5) is 41.2. The van der Waals surface area contributed by atoms with Crippen LogP contribution < -0.4 is 10.2 Å². The van der Waals surface area contributed by atoms with Crippen LogP contribution in [0.1, 0.15) is 37.8 Å². The lowest BCUT2D eigenvalue weighted by molar-refractivity contribution is -0.135. The third-order valence-corrected chi connectivity index (χ3v) is 6.50. The van der Waals surface area contributed by atoms with Crippen LogP contribution in [-0.4, -0.2) is 36.5 Å². The molecule has 0 saturated carbocycles. The van der Waals surface area contributed by atoms with Gasteiger partial charge < -0.3 is 4.90 Å². The van der Waals surface area contributed by atoms with Gasteiger partial charge in [-0.05, 0) is 36.4 Å². The van der Waals surface area contributed by atoms with E-state index in [1.54, 1.807) is 4.90 Å². The van der Waals surface area contributed by atoms with Crippen LogP contribution in [0.25, 0.3) is 5.57 Å². The second-order valence-corrected chi connectivity index (χ2v) is 8.83. The van der Waals surface area contributed by atoms with Gasteiger partial charge in [0.05, 0.1) is 19.1 Å². The highest BCUT2D eigenvalue weighted by molar-refractivity contribution is 6.34. The lowest BCUT2D eigenvalue weighted by Crippen LogP contribution is -2.53. The molecule has 1 fully saturated rings. The van der Waals surface area contributed by atoms with Crippen molar-refractivity contribution in [2.45, 2.75) is 43.6 Å². The van der Waals surface area contributed by atoms with Gasteiger partial charge in [-0.15, -0.1) is 0 Å². The highest BCUT2D eigenvalue weighted by atomic mass is 16.2. The van der Waals surface area contributed by atoms with Crippen molar-refractivity contribution in [1.82, 2.24) is 10.2 Å². The first-order valence-corrected chi connectivity index (χ1v) is 10.4. The predicted octanol–water partition coefficient (Wildman–Crippen LogP) is 2.70. The molecule has 154 valence electrons. The lowest BCUT2D eigenvalue weighted by atomic mass is 9.69. The number of imide groups is 1. The van der Waals surface area contributed by atoms with Gasteiger partial charge in [0, 0.05) is 30.0 Å². The molecule has 3 amide bonds. The Morgan fingerprint density at radius 1 is 1.10 bits per heavy atom. The van der Waals surface area contributed by atoms with Gasteiger partial charge in [0.25, 0.3) is 5.91 Å². The summed E-state index contributed by atoms with van der Waals surface area (Å²) < 4.78 is 0. The van der Waals surface area contributed by atoms with Gasteiger partial charge in [-0.25, -0.2) is 0 Å². The number of nitrogens with one attached hydrogen (secondary N) is 1. The average Bonchev–Trinajstić information content (AvgIpc) is 2.89. The van der Waals surface area contributed by atoms with Crippen molar-refractivity contribution in [3.63, 3.8) is 0 Å². The second-order valence-electron chi connectivity index (χ2n) is 8.83. The first-order valence-electron chi connectivity index (χ1n) is 10.4. The Morgan fingerprint density at radius 3 is 2.55 bits per heavy atom. The lowest BCUT2D eigenvalue weighted by Gasteiger charge is -2.40. The van der Waals surface area contributed by atoms with Gasteiger partial charge in [-0.1, -0.05) is 43.4 Å². The Morgan fingerprint density at radius 2 is 1.84 bits per heavy atom. The zero-order valence-corrected chi connectivity index (χ0v) is 17.5. The number of anilines is 1. The standard InChI is InChI=1S/C24H22BN3O3/c1-23(25)11-13-27(14-12-23)24(2)10-4-5-15-20-16(24)6-3-7-17(20)28(22(15)31)18-8-9-19(29)26-21(18)30/h3-7,10-14,18H,8-9H2,1-2H3,(H,26,29,30). The molecule has 4 aliphatic rings. The Hall–Kier alpha value is -3.35. The summed E-state index contributed by atoms with van der Waals surface area (Å²) in [6, 6.07) is 5.09. The summed E-state index contributed by atoms with van der Waals surface area (Å²) in [5.74, 6) is -0.948. The number of carbonyl (C=O) groups is 3. The Bertz CT molecular complexity index is 1130. The number of rotatable bonds is 2. The average molecular weight is 411 g/mol. The van der Waals surface area contributed by atoms with Crippen LogP contribution >= 0.6 is 0 Å². The van der Waals surface area contributed by atoms with Crippen molar-refractivity contribution in [1.29, 1.82) is 0 Å². The van der Waals surface area contributed by atoms with Crippen molar-refractivity contribution in [2.24, 2.45) is 0 Å². The fourth-order valence-corrected chi connectivity index (χ4v) is 4.73. The highest BCUT2D eigenvalue weighted by Gasteiger charge is 2.46. The third kappa shape index (κ3) is 2.91. The summed E-state index contributed by atoms with van der Waals surface area (Å²) in [5, 5.41) is 1.85. The van der Waals surface area contributed by atoms with E-state index in [2.05, 4.69) is 23.2 Å². The molecule has 2 radical (unpaired) electrons. The van der Waals surface area contributed by atoms with Gasteiger partial charge >= 0.3 is 0 Å². The molecule has 6 nitrogen and oxygen atoms in total. The smallest absolute Gasteiger partial charge is 0.259 e. The minimum Gasteiger partial charge on any atom is -0.342 e. The number of amides is 3. The van der Waals surface area contributed by atoms with E-state index < -0.39 is 22.8 Å². The molecule has 0 spiro atoms. The summed E-state index contributed by atoms with van der Waals surface area (Å²) in [5.41, 5.74) is 2.49. The molecular formula is C24H22BN3O3. The van der Waals surface area contributed by atoms with Crippen LogP contribution in [0.15, 0.2) is 61.0 Å². The Kier molecular flexibility index (Phi) is 4.16. The van der Waals surface area contributed by atoms with E-state index in [-0.39, 0.29) is 18.2 Å². The number of benzene rings is 1. The zero-order valence-electron chi connectivity index (χ0n) is 17.5. The molecule has 5 rings (SSSR count). The maximum absolute atomic E-state index is 13.4. The highest BCUT2D eigenvalue weighted by Crippen LogP contribution is 2.48. The molecule has 0 bridgehead atoms. The summed E-state index contributed by atoms with van der Waals surface area (Å²) >= 11 is 0. The van der Waals surface area contributed by atoms with Gasteiger partial charge in [-0.2, -0.15) is 0 Å². The first kappa shape index (κ1) is 19.6. The number of piperidine rings is 1. The quantitative estimate of drug-likeness (QED) is 0.600. The van der Waals surface area contributed by atoms with Crippen LogP contribution in [-0.2, 0) is 19.9 Å². The summed E-state index contributed by atoms with van der Waals surface area (Å²) in [6.07, 6.45) is 14.1. The minimum atomic E-state index is -0.701. The van der Waals surface area contributed by atoms with Crippen LogP contribution in [0.4, 0.5) is 5.69 Å². The van der Waals surface area contributed by atoms with Gasteiger partial charge in [0.1, 0.15) is 6.04 Å². The van der Waals surface area contributed by atoms with E-state index >= 15 is 0 Å². The largest absolute Gasteiger partial charge is 0.342 e. The van der Waals surface area contributed by atoms with E-state index in [0.29, 0.717) is 17.7 Å². The molecule has 0 aromatic heterocycles. The van der Waals surface area contributed by atoms with Crippen molar-refractivity contribution in [2.75, 3.05) is 4.90 Å². The van der Waals surface area contributed by atoms with Crippen molar-refractivity contribution >= 4 is 36.8 Å². The fourth-order valence-electron chi connectivity index (χ4n) is 4.73. The van der Waals surface area contributed by atoms with Gasteiger partial charge in [0.15, 0.2) is 0 Å². The molecule has 1 aromatic carbocycles. The van der Waals surface area contributed by atoms with Crippen LogP contribution in [0.5, 0.6) is 0 Å². The van der Waals surface area contributed by atoms with E-state index in [1.807, 2.05) is 61.8 Å². The zero-order chi connectivity index (χ0) is 22.0. The topological polar surface area (TPSA) is 69.7 Å². The van der Waals surface area contributed by atoms with E-state index in [9.17, 15) is 14.4 Å². The third-order valence-electron chi connectivity index (χ3n) is 6.50.